The minimum Gasteiger partial charge on any atom is -0.458 e. The Bertz CT molecular complexity index is 1460. The monoisotopic (exact) mass is 357 g/mol. The molecule has 0 bridgehead atoms. The molecular formula is C25H16BNO. The second kappa shape index (κ2) is 4.88. The lowest BCUT2D eigenvalue weighted by Crippen LogP contribution is -2.58. The van der Waals surface area contributed by atoms with Crippen LogP contribution in [0, 0.1) is 6.92 Å². The third-order valence-electron chi connectivity index (χ3n) is 6.31. The zero-order chi connectivity index (χ0) is 18.4. The Kier molecular flexibility index (Phi) is 2.54. The predicted octanol–water partition coefficient (Wildman–Crippen LogP) is 4.03. The van der Waals surface area contributed by atoms with E-state index in [9.17, 15) is 0 Å². The van der Waals surface area contributed by atoms with Gasteiger partial charge in [0.25, 0.3) is 6.71 Å². The van der Waals surface area contributed by atoms with Crippen LogP contribution in [0.3, 0.4) is 0 Å². The van der Waals surface area contributed by atoms with Gasteiger partial charge in [-0.15, -0.1) is 0 Å². The number of hydrogen-bond acceptors (Lipinski definition) is 1. The summed E-state index contributed by atoms with van der Waals surface area (Å²) in [7, 11) is 0. The fourth-order valence-electron chi connectivity index (χ4n) is 5.18. The number of fused-ring (bicyclic) bond motifs is 8. The van der Waals surface area contributed by atoms with Crippen LogP contribution >= 0.6 is 0 Å². The van der Waals surface area contributed by atoms with Gasteiger partial charge in [-0.3, -0.25) is 0 Å². The molecular weight excluding hydrogens is 341 g/mol. The zero-order valence-electron chi connectivity index (χ0n) is 15.4. The van der Waals surface area contributed by atoms with Crippen molar-refractivity contribution in [3.05, 3.63) is 84.4 Å². The average molecular weight is 357 g/mol. The van der Waals surface area contributed by atoms with E-state index in [4.69, 9.17) is 4.74 Å². The lowest BCUT2D eigenvalue weighted by atomic mass is 9.34. The Morgan fingerprint density at radius 2 is 1.61 bits per heavy atom. The van der Waals surface area contributed by atoms with E-state index in [0.717, 1.165) is 11.5 Å². The number of aromatic nitrogens is 1. The molecule has 28 heavy (non-hydrogen) atoms. The molecule has 0 atom stereocenters. The molecule has 4 aromatic carbocycles. The fraction of sp³-hybridized carbons (Fsp3) is 0.0400. The van der Waals surface area contributed by atoms with Gasteiger partial charge in [0, 0.05) is 16.5 Å². The molecule has 3 heteroatoms. The van der Waals surface area contributed by atoms with E-state index in [1.807, 2.05) is 0 Å². The van der Waals surface area contributed by atoms with E-state index in [1.54, 1.807) is 0 Å². The number of nitrogens with zero attached hydrogens (tertiary/aromatic N) is 1. The van der Waals surface area contributed by atoms with E-state index in [2.05, 4.69) is 90.4 Å². The maximum Gasteiger partial charge on any atom is 0.256 e. The van der Waals surface area contributed by atoms with Crippen LogP contribution in [-0.2, 0) is 0 Å². The highest BCUT2D eigenvalue weighted by Crippen LogP contribution is 2.38. The van der Waals surface area contributed by atoms with Gasteiger partial charge in [-0.1, -0.05) is 48.5 Å². The van der Waals surface area contributed by atoms with Crippen LogP contribution in [0.1, 0.15) is 5.56 Å². The number of para-hydroxylation sites is 2. The standard InChI is InChI=1S/C25H16BNO/c1-15-10-12-19-23(14-15)28-22-13-11-17-16-6-2-4-8-20(16)27-21-9-5-3-7-18(21)26(19)24(22)25(17)27/h2-14H,1H3. The van der Waals surface area contributed by atoms with Gasteiger partial charge in [-0.05, 0) is 59.2 Å². The Balaban J connectivity index is 1.74. The molecule has 1 aromatic heterocycles. The summed E-state index contributed by atoms with van der Waals surface area (Å²) in [6.45, 7) is 2.32. The minimum atomic E-state index is 0.205. The summed E-state index contributed by atoms with van der Waals surface area (Å²) in [5, 5.41) is 2.60. The zero-order valence-corrected chi connectivity index (χ0v) is 15.4. The first-order valence-corrected chi connectivity index (χ1v) is 9.75. The normalized spacial score (nSPS) is 13.4. The summed E-state index contributed by atoms with van der Waals surface area (Å²) in [6.07, 6.45) is 0. The van der Waals surface area contributed by atoms with E-state index >= 15 is 0 Å². The Hall–Kier alpha value is -3.46. The number of rotatable bonds is 0. The molecule has 3 heterocycles. The first-order chi connectivity index (χ1) is 13.8. The van der Waals surface area contributed by atoms with Crippen LogP contribution in [0.25, 0.3) is 27.5 Å². The van der Waals surface area contributed by atoms with Gasteiger partial charge in [-0.25, -0.2) is 0 Å². The molecule has 5 aromatic rings. The highest BCUT2D eigenvalue weighted by Gasteiger charge is 2.40. The van der Waals surface area contributed by atoms with Gasteiger partial charge in [0.2, 0.25) is 0 Å². The summed E-state index contributed by atoms with van der Waals surface area (Å²) >= 11 is 0. The predicted molar refractivity (Wildman–Crippen MR) is 117 cm³/mol. The molecule has 0 amide bonds. The van der Waals surface area contributed by atoms with Crippen molar-refractivity contribution in [3.8, 4) is 17.2 Å². The van der Waals surface area contributed by atoms with Gasteiger partial charge in [0.1, 0.15) is 11.5 Å². The van der Waals surface area contributed by atoms with E-state index in [0.29, 0.717) is 0 Å². The lowest BCUT2D eigenvalue weighted by molar-refractivity contribution is 0.487. The smallest absolute Gasteiger partial charge is 0.256 e. The highest BCUT2D eigenvalue weighted by molar-refractivity contribution is 6.99. The largest absolute Gasteiger partial charge is 0.458 e. The average Bonchev–Trinajstić information content (AvgIpc) is 3.07. The Morgan fingerprint density at radius 3 is 2.57 bits per heavy atom. The molecule has 0 spiro atoms. The number of aryl methyl sites for hydroxylation is 1. The van der Waals surface area contributed by atoms with Crippen molar-refractivity contribution in [1.29, 1.82) is 0 Å². The first kappa shape index (κ1) is 14.6. The quantitative estimate of drug-likeness (QED) is 0.374. The van der Waals surface area contributed by atoms with Crippen molar-refractivity contribution in [2.24, 2.45) is 0 Å². The van der Waals surface area contributed by atoms with E-state index in [-0.39, 0.29) is 6.71 Å². The summed E-state index contributed by atoms with van der Waals surface area (Å²) in [5.41, 5.74) is 8.94. The Morgan fingerprint density at radius 1 is 0.750 bits per heavy atom. The second-order valence-electron chi connectivity index (χ2n) is 7.86. The number of ether oxygens (including phenoxy) is 1. The first-order valence-electron chi connectivity index (χ1n) is 9.75. The summed E-state index contributed by atoms with van der Waals surface area (Å²) in [4.78, 5) is 0. The van der Waals surface area contributed by atoms with Crippen LogP contribution in [0.4, 0.5) is 0 Å². The molecule has 2 aliphatic heterocycles. The topological polar surface area (TPSA) is 14.2 Å². The summed E-state index contributed by atoms with van der Waals surface area (Å²) in [5.74, 6) is 1.96. The Labute approximate surface area is 163 Å². The summed E-state index contributed by atoms with van der Waals surface area (Å²) in [6, 6.07) is 28.5. The van der Waals surface area contributed by atoms with Crippen LogP contribution in [0.5, 0.6) is 11.5 Å². The maximum absolute atomic E-state index is 6.42. The lowest BCUT2D eigenvalue weighted by Gasteiger charge is -2.32. The maximum atomic E-state index is 6.42. The van der Waals surface area contributed by atoms with Crippen LogP contribution < -0.4 is 21.1 Å². The molecule has 0 saturated carbocycles. The van der Waals surface area contributed by atoms with Crippen LogP contribution in [0.2, 0.25) is 0 Å². The number of hydrogen-bond donors (Lipinski definition) is 0. The van der Waals surface area contributed by atoms with Crippen LogP contribution in [-0.4, -0.2) is 11.3 Å². The van der Waals surface area contributed by atoms with Crippen molar-refractivity contribution in [2.75, 3.05) is 0 Å². The highest BCUT2D eigenvalue weighted by atomic mass is 16.5. The van der Waals surface area contributed by atoms with Crippen molar-refractivity contribution in [3.63, 3.8) is 0 Å². The van der Waals surface area contributed by atoms with E-state index in [1.165, 1.54) is 49.4 Å². The van der Waals surface area contributed by atoms with Crippen LogP contribution in [0.15, 0.2) is 78.9 Å². The molecule has 2 nitrogen and oxygen atoms in total. The van der Waals surface area contributed by atoms with E-state index < -0.39 is 0 Å². The summed E-state index contributed by atoms with van der Waals surface area (Å²) < 4.78 is 8.85. The third kappa shape index (κ3) is 1.61. The molecule has 7 rings (SSSR count). The molecule has 0 saturated heterocycles. The van der Waals surface area contributed by atoms with Gasteiger partial charge in [0.05, 0.1) is 11.0 Å². The third-order valence-corrected chi connectivity index (χ3v) is 6.31. The molecule has 130 valence electrons. The SMILES string of the molecule is Cc1ccc2c(c1)Oc1ccc3c4ccccc4n4c3c1B2c1ccccc1-4. The van der Waals surface area contributed by atoms with Crippen molar-refractivity contribution >= 4 is 44.9 Å². The van der Waals surface area contributed by atoms with Crippen molar-refractivity contribution in [2.45, 2.75) is 6.92 Å². The van der Waals surface area contributed by atoms with Gasteiger partial charge < -0.3 is 9.30 Å². The van der Waals surface area contributed by atoms with Crippen molar-refractivity contribution in [1.82, 2.24) is 4.57 Å². The molecule has 0 fully saturated rings. The van der Waals surface area contributed by atoms with Crippen molar-refractivity contribution < 1.29 is 4.74 Å². The van der Waals surface area contributed by atoms with Gasteiger partial charge in [0.15, 0.2) is 0 Å². The fourth-order valence-corrected chi connectivity index (χ4v) is 5.18. The van der Waals surface area contributed by atoms with Gasteiger partial charge >= 0.3 is 0 Å². The molecule has 0 N–H and O–H groups in total. The second-order valence-corrected chi connectivity index (χ2v) is 7.86. The molecule has 0 aliphatic carbocycles. The number of benzene rings is 4. The van der Waals surface area contributed by atoms with Gasteiger partial charge in [-0.2, -0.15) is 0 Å². The molecule has 2 aliphatic rings. The molecule has 0 unspecified atom stereocenters. The minimum absolute atomic E-state index is 0.205. The molecule has 0 radical (unpaired) electrons.